The second-order valence-corrected chi connectivity index (χ2v) is 2.93. The molecule has 0 aromatic carbocycles. The van der Waals surface area contributed by atoms with Crippen molar-refractivity contribution in [2.75, 3.05) is 20.1 Å². The highest BCUT2D eigenvalue weighted by molar-refractivity contribution is 5.80. The van der Waals surface area contributed by atoms with E-state index in [1.165, 1.54) is 0 Å². The molecule has 3 heteroatoms. The Labute approximate surface area is 74.0 Å². The molecule has 0 spiro atoms. The number of nitriles is 1. The zero-order chi connectivity index (χ0) is 9.40. The van der Waals surface area contributed by atoms with E-state index in [-0.39, 0.29) is 5.78 Å². The zero-order valence-electron chi connectivity index (χ0n) is 7.84. The number of hydrogen-bond acceptors (Lipinski definition) is 3. The van der Waals surface area contributed by atoms with Crippen LogP contribution in [-0.4, -0.2) is 30.8 Å². The molecule has 0 unspecified atom stereocenters. The van der Waals surface area contributed by atoms with Crippen LogP contribution in [0.3, 0.4) is 0 Å². The summed E-state index contributed by atoms with van der Waals surface area (Å²) in [6.07, 6.45) is 2.05. The maximum absolute atomic E-state index is 11.1. The van der Waals surface area contributed by atoms with Crippen molar-refractivity contribution in [1.82, 2.24) is 4.90 Å². The minimum Gasteiger partial charge on any atom is -0.298 e. The predicted octanol–water partition coefficient (Wildman–Crippen LogP) is 1.20. The topological polar surface area (TPSA) is 44.1 Å². The summed E-state index contributed by atoms with van der Waals surface area (Å²) in [7, 11) is 1.87. The van der Waals surface area contributed by atoms with Gasteiger partial charge < -0.3 is 0 Å². The highest BCUT2D eigenvalue weighted by Gasteiger charge is 2.04. The monoisotopic (exact) mass is 168 g/mol. The van der Waals surface area contributed by atoms with Crippen LogP contribution in [0.5, 0.6) is 0 Å². The Balaban J connectivity index is 3.48. The average molecular weight is 168 g/mol. The standard InChI is InChI=1S/C9H16N2O/c1-3-5-9(12)8-11(2)7-4-6-10/h3-5,7-8H2,1-2H3. The van der Waals surface area contributed by atoms with Crippen LogP contribution >= 0.6 is 0 Å². The van der Waals surface area contributed by atoms with Gasteiger partial charge in [-0.3, -0.25) is 9.69 Å². The summed E-state index contributed by atoms with van der Waals surface area (Å²) >= 11 is 0. The van der Waals surface area contributed by atoms with Crippen LogP contribution in [0.2, 0.25) is 0 Å². The fraction of sp³-hybridized carbons (Fsp3) is 0.778. The molecule has 0 aromatic heterocycles. The van der Waals surface area contributed by atoms with Crippen molar-refractivity contribution in [3.8, 4) is 6.07 Å². The van der Waals surface area contributed by atoms with E-state index >= 15 is 0 Å². The number of rotatable bonds is 6. The SMILES string of the molecule is CCCC(=O)CN(C)CCC#N. The van der Waals surface area contributed by atoms with Crippen molar-refractivity contribution in [1.29, 1.82) is 5.26 Å². The lowest BCUT2D eigenvalue weighted by Gasteiger charge is -2.12. The molecule has 0 bridgehead atoms. The van der Waals surface area contributed by atoms with E-state index in [1.54, 1.807) is 0 Å². The fourth-order valence-electron chi connectivity index (χ4n) is 0.979. The molecule has 0 rings (SSSR count). The Morgan fingerprint density at radius 1 is 1.58 bits per heavy atom. The van der Waals surface area contributed by atoms with Gasteiger partial charge in [-0.1, -0.05) is 6.92 Å². The highest BCUT2D eigenvalue weighted by Crippen LogP contribution is 1.93. The van der Waals surface area contributed by atoms with Gasteiger partial charge in [-0.05, 0) is 13.5 Å². The number of carbonyl (C=O) groups is 1. The van der Waals surface area contributed by atoms with Gasteiger partial charge in [0, 0.05) is 19.4 Å². The first-order chi connectivity index (χ1) is 5.70. The summed E-state index contributed by atoms with van der Waals surface area (Å²) in [5.41, 5.74) is 0. The predicted molar refractivity (Wildman–Crippen MR) is 47.6 cm³/mol. The molecule has 0 saturated carbocycles. The number of likely N-dealkylation sites (N-methyl/N-ethyl adjacent to an activating group) is 1. The highest BCUT2D eigenvalue weighted by atomic mass is 16.1. The lowest BCUT2D eigenvalue weighted by atomic mass is 10.2. The number of hydrogen-bond donors (Lipinski definition) is 0. The molecule has 0 amide bonds. The Kier molecular flexibility index (Phi) is 6.31. The van der Waals surface area contributed by atoms with Gasteiger partial charge in [-0.2, -0.15) is 5.26 Å². The lowest BCUT2D eigenvalue weighted by molar-refractivity contribution is -0.119. The summed E-state index contributed by atoms with van der Waals surface area (Å²) in [5.74, 6) is 0.262. The second-order valence-electron chi connectivity index (χ2n) is 2.93. The largest absolute Gasteiger partial charge is 0.298 e. The Hall–Kier alpha value is -0.880. The van der Waals surface area contributed by atoms with Crippen LogP contribution in [0, 0.1) is 11.3 Å². The van der Waals surface area contributed by atoms with Crippen LogP contribution in [0.25, 0.3) is 0 Å². The third kappa shape index (κ3) is 5.87. The molecule has 12 heavy (non-hydrogen) atoms. The fourth-order valence-corrected chi connectivity index (χ4v) is 0.979. The number of Topliss-reactive ketones (excluding diaryl/α,β-unsaturated/α-hetero) is 1. The summed E-state index contributed by atoms with van der Waals surface area (Å²) in [5, 5.41) is 8.29. The van der Waals surface area contributed by atoms with Crippen LogP contribution in [0.4, 0.5) is 0 Å². The van der Waals surface area contributed by atoms with Crippen LogP contribution in [0.1, 0.15) is 26.2 Å². The molecule has 0 aliphatic carbocycles. The molecular weight excluding hydrogens is 152 g/mol. The first-order valence-electron chi connectivity index (χ1n) is 4.28. The van der Waals surface area contributed by atoms with Gasteiger partial charge in [0.2, 0.25) is 0 Å². The van der Waals surface area contributed by atoms with E-state index in [0.717, 1.165) is 6.42 Å². The molecule has 0 aliphatic rings. The molecule has 0 atom stereocenters. The van der Waals surface area contributed by atoms with Crippen LogP contribution in [-0.2, 0) is 4.79 Å². The van der Waals surface area contributed by atoms with Gasteiger partial charge >= 0.3 is 0 Å². The number of nitrogens with zero attached hydrogens (tertiary/aromatic N) is 2. The second kappa shape index (κ2) is 6.81. The van der Waals surface area contributed by atoms with Crippen molar-refractivity contribution in [2.24, 2.45) is 0 Å². The summed E-state index contributed by atoms with van der Waals surface area (Å²) in [6, 6.07) is 2.05. The quantitative estimate of drug-likeness (QED) is 0.598. The summed E-state index contributed by atoms with van der Waals surface area (Å²) in [4.78, 5) is 13.0. The van der Waals surface area contributed by atoms with Crippen molar-refractivity contribution in [3.05, 3.63) is 0 Å². The van der Waals surface area contributed by atoms with Crippen LogP contribution in [0.15, 0.2) is 0 Å². The summed E-state index contributed by atoms with van der Waals surface area (Å²) < 4.78 is 0. The third-order valence-corrected chi connectivity index (χ3v) is 1.58. The number of ketones is 1. The van der Waals surface area contributed by atoms with Crippen molar-refractivity contribution in [2.45, 2.75) is 26.2 Å². The van der Waals surface area contributed by atoms with Gasteiger partial charge in [0.15, 0.2) is 0 Å². The zero-order valence-corrected chi connectivity index (χ0v) is 7.84. The molecule has 0 fully saturated rings. The Bertz CT molecular complexity index is 172. The lowest BCUT2D eigenvalue weighted by Crippen LogP contribution is -2.26. The van der Waals surface area contributed by atoms with Crippen molar-refractivity contribution in [3.63, 3.8) is 0 Å². The van der Waals surface area contributed by atoms with Gasteiger partial charge in [0.05, 0.1) is 12.6 Å². The maximum Gasteiger partial charge on any atom is 0.146 e. The van der Waals surface area contributed by atoms with E-state index in [9.17, 15) is 4.79 Å². The van der Waals surface area contributed by atoms with E-state index in [1.807, 2.05) is 18.9 Å². The number of carbonyl (C=O) groups excluding carboxylic acids is 1. The van der Waals surface area contributed by atoms with Crippen LogP contribution < -0.4 is 0 Å². The molecular formula is C9H16N2O. The molecule has 3 nitrogen and oxygen atoms in total. The third-order valence-electron chi connectivity index (χ3n) is 1.58. The smallest absolute Gasteiger partial charge is 0.146 e. The Morgan fingerprint density at radius 2 is 2.25 bits per heavy atom. The maximum atomic E-state index is 11.1. The Morgan fingerprint density at radius 3 is 2.75 bits per heavy atom. The van der Waals surface area contributed by atoms with Gasteiger partial charge in [0.25, 0.3) is 0 Å². The van der Waals surface area contributed by atoms with Crippen molar-refractivity contribution >= 4 is 5.78 Å². The van der Waals surface area contributed by atoms with E-state index < -0.39 is 0 Å². The van der Waals surface area contributed by atoms with Gasteiger partial charge in [-0.15, -0.1) is 0 Å². The normalized spacial score (nSPS) is 9.83. The molecule has 0 N–H and O–H groups in total. The van der Waals surface area contributed by atoms with E-state index in [4.69, 9.17) is 5.26 Å². The average Bonchev–Trinajstić information content (AvgIpc) is 2.01. The molecule has 0 radical (unpaired) electrons. The molecule has 68 valence electrons. The molecule has 0 aromatic rings. The first-order valence-corrected chi connectivity index (χ1v) is 4.28. The molecule has 0 heterocycles. The minimum atomic E-state index is 0.262. The van der Waals surface area contributed by atoms with Crippen molar-refractivity contribution < 1.29 is 4.79 Å². The minimum absolute atomic E-state index is 0.262. The molecule has 0 aliphatic heterocycles. The van der Waals surface area contributed by atoms with Gasteiger partial charge in [-0.25, -0.2) is 0 Å². The van der Waals surface area contributed by atoms with E-state index in [0.29, 0.717) is 25.9 Å². The molecule has 0 saturated heterocycles. The summed E-state index contributed by atoms with van der Waals surface area (Å²) in [6.45, 7) is 3.16. The first kappa shape index (κ1) is 11.1. The van der Waals surface area contributed by atoms with E-state index in [2.05, 4.69) is 6.07 Å². The van der Waals surface area contributed by atoms with Gasteiger partial charge in [0.1, 0.15) is 5.78 Å².